The maximum atomic E-state index is 14.5. The van der Waals surface area contributed by atoms with Gasteiger partial charge in [0.15, 0.2) is 11.6 Å². The minimum Gasteiger partial charge on any atom is -0.339 e. The van der Waals surface area contributed by atoms with Gasteiger partial charge in [0.05, 0.1) is 17.9 Å². The first-order chi connectivity index (χ1) is 14.8. The van der Waals surface area contributed by atoms with Crippen molar-refractivity contribution < 1.29 is 4.39 Å². The van der Waals surface area contributed by atoms with Crippen molar-refractivity contribution in [3.8, 4) is 0 Å². The molecule has 1 unspecified atom stereocenters. The van der Waals surface area contributed by atoms with Crippen LogP contribution in [0.25, 0.3) is 10.9 Å². The van der Waals surface area contributed by atoms with E-state index in [1.165, 1.54) is 11.8 Å². The lowest BCUT2D eigenvalue weighted by atomic mass is 10.1. The van der Waals surface area contributed by atoms with Crippen molar-refractivity contribution in [2.24, 2.45) is 0 Å². The molecule has 0 bridgehead atoms. The van der Waals surface area contributed by atoms with E-state index in [9.17, 15) is 4.39 Å². The number of hydrogen-bond acceptors (Lipinski definition) is 6. The van der Waals surface area contributed by atoms with Gasteiger partial charge < -0.3 is 15.5 Å². The molecule has 152 valence electrons. The molecule has 8 heteroatoms. The first kappa shape index (κ1) is 18.5. The average molecular weight is 403 g/mol. The fourth-order valence-corrected chi connectivity index (χ4v) is 3.77. The molecule has 1 saturated heterocycles. The monoisotopic (exact) mass is 403 g/mol. The molecule has 1 aliphatic rings. The molecule has 0 radical (unpaired) electrons. The van der Waals surface area contributed by atoms with Crippen LogP contribution >= 0.6 is 0 Å². The molecule has 0 saturated carbocycles. The fraction of sp³-hybridized carbons (Fsp3) is 0.227. The Hall–Kier alpha value is -3.52. The van der Waals surface area contributed by atoms with Crippen LogP contribution in [0, 0.1) is 5.82 Å². The summed E-state index contributed by atoms with van der Waals surface area (Å²) in [5.74, 6) is 0.197. The normalized spacial score (nSPS) is 17.1. The fourth-order valence-electron chi connectivity index (χ4n) is 3.77. The van der Waals surface area contributed by atoms with E-state index in [2.05, 4.69) is 47.8 Å². The molecule has 1 atom stereocenters. The Bertz CT molecular complexity index is 1140. The summed E-state index contributed by atoms with van der Waals surface area (Å²) in [6, 6.07) is 16.2. The number of fused-ring (bicyclic) bond motifs is 1. The predicted octanol–water partition coefficient (Wildman–Crippen LogP) is 3.78. The van der Waals surface area contributed by atoms with Gasteiger partial charge in [0.25, 0.3) is 0 Å². The summed E-state index contributed by atoms with van der Waals surface area (Å²) >= 11 is 0. The van der Waals surface area contributed by atoms with E-state index >= 15 is 0 Å². The smallest absolute Gasteiger partial charge is 0.227 e. The second kappa shape index (κ2) is 8.08. The van der Waals surface area contributed by atoms with Gasteiger partial charge in [-0.1, -0.05) is 30.3 Å². The standard InChI is InChI=1S/C22H22FN7/c23-18-13-25-22(28-21(18)27-17-7-8-19-16(11-17)12-26-29-19)30-10-4-9-24-20(14-30)15-5-2-1-3-6-15/h1-3,5-8,11-13,20,24H,4,9-10,14H2,(H,26,29)(H,25,27,28). The quantitative estimate of drug-likeness (QED) is 0.481. The molecule has 4 aromatic rings. The van der Waals surface area contributed by atoms with Gasteiger partial charge in [0.2, 0.25) is 5.95 Å². The lowest BCUT2D eigenvalue weighted by Crippen LogP contribution is -2.32. The highest BCUT2D eigenvalue weighted by atomic mass is 19.1. The summed E-state index contributed by atoms with van der Waals surface area (Å²) < 4.78 is 14.5. The summed E-state index contributed by atoms with van der Waals surface area (Å²) in [6.07, 6.45) is 3.93. The van der Waals surface area contributed by atoms with Crippen molar-refractivity contribution in [3.63, 3.8) is 0 Å². The number of hydrogen-bond donors (Lipinski definition) is 3. The molecule has 3 N–H and O–H groups in total. The van der Waals surface area contributed by atoms with Crippen molar-refractivity contribution in [1.82, 2.24) is 25.5 Å². The minimum absolute atomic E-state index is 0.163. The van der Waals surface area contributed by atoms with E-state index in [0.29, 0.717) is 5.95 Å². The number of nitrogens with one attached hydrogen (secondary N) is 3. The highest BCUT2D eigenvalue weighted by Crippen LogP contribution is 2.25. The van der Waals surface area contributed by atoms with E-state index in [0.717, 1.165) is 42.6 Å². The number of rotatable bonds is 4. The number of anilines is 3. The molecule has 1 aliphatic heterocycles. The van der Waals surface area contributed by atoms with Gasteiger partial charge in [-0.05, 0) is 36.7 Å². The van der Waals surface area contributed by atoms with Gasteiger partial charge in [-0.3, -0.25) is 5.10 Å². The molecule has 0 spiro atoms. The maximum absolute atomic E-state index is 14.5. The molecular formula is C22H22FN7. The number of aromatic amines is 1. The molecule has 0 aliphatic carbocycles. The third kappa shape index (κ3) is 3.81. The Kier molecular flexibility index (Phi) is 4.98. The number of aromatic nitrogens is 4. The molecule has 3 heterocycles. The summed E-state index contributed by atoms with van der Waals surface area (Å²) in [4.78, 5) is 10.9. The Morgan fingerprint density at radius 2 is 2.00 bits per heavy atom. The van der Waals surface area contributed by atoms with Crippen LogP contribution in [-0.2, 0) is 0 Å². The number of halogens is 1. The van der Waals surface area contributed by atoms with E-state index < -0.39 is 5.82 Å². The zero-order valence-corrected chi connectivity index (χ0v) is 16.3. The van der Waals surface area contributed by atoms with Crippen molar-refractivity contribution in [2.75, 3.05) is 29.9 Å². The summed E-state index contributed by atoms with van der Waals surface area (Å²) in [7, 11) is 0. The average Bonchev–Trinajstić information content (AvgIpc) is 3.10. The first-order valence-electron chi connectivity index (χ1n) is 10.0. The molecule has 1 fully saturated rings. The number of nitrogens with zero attached hydrogens (tertiary/aromatic N) is 4. The number of H-pyrrole nitrogens is 1. The second-order valence-corrected chi connectivity index (χ2v) is 7.38. The molecule has 0 amide bonds. The Morgan fingerprint density at radius 1 is 1.10 bits per heavy atom. The first-order valence-corrected chi connectivity index (χ1v) is 10.0. The summed E-state index contributed by atoms with van der Waals surface area (Å²) in [5.41, 5.74) is 2.89. The van der Waals surface area contributed by atoms with Crippen LogP contribution in [0.15, 0.2) is 60.9 Å². The summed E-state index contributed by atoms with van der Waals surface area (Å²) in [5, 5.41) is 14.5. The highest BCUT2D eigenvalue weighted by molar-refractivity contribution is 5.82. The van der Waals surface area contributed by atoms with Gasteiger partial charge in [0, 0.05) is 30.2 Å². The van der Waals surface area contributed by atoms with Crippen molar-refractivity contribution in [2.45, 2.75) is 12.5 Å². The van der Waals surface area contributed by atoms with Crippen molar-refractivity contribution in [1.29, 1.82) is 0 Å². The maximum Gasteiger partial charge on any atom is 0.227 e. The van der Waals surface area contributed by atoms with Gasteiger partial charge in [-0.2, -0.15) is 10.1 Å². The van der Waals surface area contributed by atoms with Crippen LogP contribution in [0.5, 0.6) is 0 Å². The Morgan fingerprint density at radius 3 is 2.90 bits per heavy atom. The van der Waals surface area contributed by atoms with E-state index in [4.69, 9.17) is 0 Å². The van der Waals surface area contributed by atoms with Crippen LogP contribution in [-0.4, -0.2) is 39.8 Å². The zero-order chi connectivity index (χ0) is 20.3. The lowest BCUT2D eigenvalue weighted by molar-refractivity contribution is 0.566. The third-order valence-electron chi connectivity index (χ3n) is 5.32. The molecule has 2 aromatic heterocycles. The zero-order valence-electron chi connectivity index (χ0n) is 16.3. The molecule has 30 heavy (non-hydrogen) atoms. The summed E-state index contributed by atoms with van der Waals surface area (Å²) in [6.45, 7) is 2.44. The third-order valence-corrected chi connectivity index (χ3v) is 5.32. The molecular weight excluding hydrogens is 381 g/mol. The molecule has 7 nitrogen and oxygen atoms in total. The Labute approximate surface area is 173 Å². The lowest BCUT2D eigenvalue weighted by Gasteiger charge is -2.25. The van der Waals surface area contributed by atoms with Crippen LogP contribution in [0.2, 0.25) is 0 Å². The second-order valence-electron chi connectivity index (χ2n) is 7.38. The predicted molar refractivity (Wildman–Crippen MR) is 115 cm³/mol. The van der Waals surface area contributed by atoms with E-state index in [-0.39, 0.29) is 11.9 Å². The van der Waals surface area contributed by atoms with Gasteiger partial charge >= 0.3 is 0 Å². The van der Waals surface area contributed by atoms with Crippen LogP contribution in [0.4, 0.5) is 21.8 Å². The van der Waals surface area contributed by atoms with E-state index in [1.807, 2.05) is 36.4 Å². The topological polar surface area (TPSA) is 81.8 Å². The van der Waals surface area contributed by atoms with Crippen molar-refractivity contribution in [3.05, 3.63) is 72.3 Å². The van der Waals surface area contributed by atoms with Gasteiger partial charge in [-0.15, -0.1) is 0 Å². The Balaban J connectivity index is 1.40. The van der Waals surface area contributed by atoms with Gasteiger partial charge in [0.1, 0.15) is 0 Å². The van der Waals surface area contributed by atoms with Crippen LogP contribution < -0.4 is 15.5 Å². The van der Waals surface area contributed by atoms with Crippen molar-refractivity contribution >= 4 is 28.4 Å². The van der Waals surface area contributed by atoms with Gasteiger partial charge in [-0.25, -0.2) is 9.37 Å². The highest BCUT2D eigenvalue weighted by Gasteiger charge is 2.22. The SMILES string of the molecule is Fc1cnc(N2CCCNC(c3ccccc3)C2)nc1Nc1ccc2[nH]ncc2c1. The van der Waals surface area contributed by atoms with E-state index in [1.54, 1.807) is 6.20 Å². The number of benzene rings is 2. The van der Waals surface area contributed by atoms with Crippen LogP contribution in [0.1, 0.15) is 18.0 Å². The molecule has 2 aromatic carbocycles. The minimum atomic E-state index is -0.487. The van der Waals surface area contributed by atoms with Crippen LogP contribution in [0.3, 0.4) is 0 Å². The molecule has 5 rings (SSSR count). The largest absolute Gasteiger partial charge is 0.339 e.